The van der Waals surface area contributed by atoms with E-state index < -0.39 is 0 Å². The van der Waals surface area contributed by atoms with Gasteiger partial charge in [-0.15, -0.1) is 0 Å². The normalized spacial score (nSPS) is 51.7. The van der Waals surface area contributed by atoms with Gasteiger partial charge in [0.05, 0.1) is 18.2 Å². The molecule has 0 aromatic heterocycles. The van der Waals surface area contributed by atoms with Crippen LogP contribution in [-0.2, 0) is 4.79 Å². The average Bonchev–Trinajstić information content (AvgIpc) is 2.96. The summed E-state index contributed by atoms with van der Waals surface area (Å²) in [7, 11) is 0. The minimum atomic E-state index is -0.222. The molecule has 3 aliphatic carbocycles. The Balaban J connectivity index is 1.57. The summed E-state index contributed by atoms with van der Waals surface area (Å²) in [6, 6.07) is 0.682. The molecule has 1 amide bonds. The Kier molecular flexibility index (Phi) is 3.17. The highest BCUT2D eigenvalue weighted by atomic mass is 16.3. The van der Waals surface area contributed by atoms with Gasteiger partial charge in [-0.05, 0) is 49.9 Å². The van der Waals surface area contributed by atoms with Gasteiger partial charge >= 0.3 is 0 Å². The van der Waals surface area contributed by atoms with Crippen LogP contribution in [0.4, 0.5) is 0 Å². The fourth-order valence-electron chi connectivity index (χ4n) is 6.61. The number of piperidine rings is 1. The molecule has 2 aliphatic heterocycles. The number of amidine groups is 1. The fraction of sp³-hybridized carbons (Fsp3) is 0.895. The first kappa shape index (κ1) is 14.4. The molecule has 1 saturated heterocycles. The Morgan fingerprint density at radius 3 is 2.78 bits per heavy atom. The molecule has 126 valence electrons. The summed E-state index contributed by atoms with van der Waals surface area (Å²) in [5.41, 5.74) is 0. The van der Waals surface area contributed by atoms with Crippen LogP contribution in [0.3, 0.4) is 0 Å². The van der Waals surface area contributed by atoms with Crippen LogP contribution in [-0.4, -0.2) is 39.9 Å². The van der Waals surface area contributed by atoms with E-state index >= 15 is 0 Å². The number of aliphatic hydroxyl groups excluding tert-OH is 1. The van der Waals surface area contributed by atoms with Crippen LogP contribution < -0.4 is 0 Å². The monoisotopic (exact) mass is 316 g/mol. The van der Waals surface area contributed by atoms with E-state index in [1.807, 2.05) is 0 Å². The molecule has 2 heterocycles. The number of nitrogens with zero attached hydrogens (tertiary/aromatic N) is 2. The van der Waals surface area contributed by atoms with E-state index in [1.54, 1.807) is 0 Å². The fourth-order valence-corrected chi connectivity index (χ4v) is 6.61. The van der Waals surface area contributed by atoms with E-state index in [2.05, 4.69) is 11.8 Å². The average molecular weight is 316 g/mol. The Morgan fingerprint density at radius 2 is 1.91 bits per heavy atom. The Bertz CT molecular complexity index is 560. The predicted octanol–water partition coefficient (Wildman–Crippen LogP) is 2.60. The molecule has 5 rings (SSSR count). The molecule has 8 atom stereocenters. The summed E-state index contributed by atoms with van der Waals surface area (Å²) in [6.45, 7) is 2.20. The number of fused-ring (bicyclic) bond motifs is 4. The van der Waals surface area contributed by atoms with Crippen molar-refractivity contribution in [3.8, 4) is 0 Å². The van der Waals surface area contributed by atoms with Crippen molar-refractivity contribution in [2.45, 2.75) is 76.5 Å². The van der Waals surface area contributed by atoms with E-state index in [9.17, 15) is 9.90 Å². The third-order valence-corrected chi connectivity index (χ3v) is 7.71. The molecule has 5 aliphatic rings. The van der Waals surface area contributed by atoms with Gasteiger partial charge in [0, 0.05) is 11.8 Å². The lowest BCUT2D eigenvalue weighted by Crippen LogP contribution is -2.62. The van der Waals surface area contributed by atoms with Crippen LogP contribution in [0, 0.1) is 29.6 Å². The summed E-state index contributed by atoms with van der Waals surface area (Å²) < 4.78 is 0. The summed E-state index contributed by atoms with van der Waals surface area (Å²) in [5, 5.41) is 10.6. The quantitative estimate of drug-likeness (QED) is 0.747. The van der Waals surface area contributed by atoms with E-state index in [4.69, 9.17) is 4.99 Å². The highest BCUT2D eigenvalue weighted by molar-refractivity contribution is 6.05. The van der Waals surface area contributed by atoms with Gasteiger partial charge in [-0.25, -0.2) is 0 Å². The highest BCUT2D eigenvalue weighted by Gasteiger charge is 2.58. The third kappa shape index (κ3) is 1.87. The molecule has 0 spiro atoms. The number of hydrogen-bond acceptors (Lipinski definition) is 3. The SMILES string of the molecule is CC1C(O)CC2C3=NC4CCCCC4N3C(=O)C3CCCC1C32. The second-order valence-electron chi connectivity index (χ2n) is 8.66. The second-order valence-corrected chi connectivity index (χ2v) is 8.66. The number of carbonyl (C=O) groups excluding carboxylic acids is 1. The van der Waals surface area contributed by atoms with Crippen LogP contribution in [0.25, 0.3) is 0 Å². The van der Waals surface area contributed by atoms with Crippen LogP contribution in [0.1, 0.15) is 58.3 Å². The van der Waals surface area contributed by atoms with Crippen molar-refractivity contribution in [2.75, 3.05) is 0 Å². The molecule has 4 fully saturated rings. The molecule has 23 heavy (non-hydrogen) atoms. The topological polar surface area (TPSA) is 52.9 Å². The van der Waals surface area contributed by atoms with Crippen molar-refractivity contribution in [2.24, 2.45) is 34.6 Å². The standard InChI is InChI=1S/C19H28N2O2/c1-10-11-5-4-6-12-17(11)13(9-16(10)22)18-20-14-7-2-3-8-15(14)21(18)19(12)23/h10-17,22H,2-9H2,1H3. The lowest BCUT2D eigenvalue weighted by molar-refractivity contribution is -0.147. The van der Waals surface area contributed by atoms with Crippen LogP contribution in [0.15, 0.2) is 4.99 Å². The summed E-state index contributed by atoms with van der Waals surface area (Å²) in [6.07, 6.45) is 8.73. The van der Waals surface area contributed by atoms with E-state index in [0.29, 0.717) is 41.7 Å². The largest absolute Gasteiger partial charge is 0.393 e. The smallest absolute Gasteiger partial charge is 0.231 e. The number of hydrogen-bond donors (Lipinski definition) is 1. The van der Waals surface area contributed by atoms with Gasteiger partial charge in [-0.2, -0.15) is 0 Å². The van der Waals surface area contributed by atoms with Crippen LogP contribution in [0.5, 0.6) is 0 Å². The number of aliphatic hydroxyl groups is 1. The highest BCUT2D eigenvalue weighted by Crippen LogP contribution is 2.54. The number of carbonyl (C=O) groups is 1. The Hall–Kier alpha value is -0.900. The van der Waals surface area contributed by atoms with E-state index in [1.165, 1.54) is 19.3 Å². The molecule has 3 saturated carbocycles. The maximum Gasteiger partial charge on any atom is 0.231 e. The first-order valence-electron chi connectivity index (χ1n) is 9.75. The molecule has 4 nitrogen and oxygen atoms in total. The predicted molar refractivity (Wildman–Crippen MR) is 87.9 cm³/mol. The van der Waals surface area contributed by atoms with Crippen LogP contribution in [0.2, 0.25) is 0 Å². The molecule has 0 radical (unpaired) electrons. The molecule has 8 unspecified atom stereocenters. The molecule has 1 N–H and O–H groups in total. The first-order valence-corrected chi connectivity index (χ1v) is 9.75. The van der Waals surface area contributed by atoms with Crippen molar-refractivity contribution in [1.82, 2.24) is 4.90 Å². The summed E-state index contributed by atoms with van der Waals surface area (Å²) in [5.74, 6) is 3.29. The van der Waals surface area contributed by atoms with Crippen molar-refractivity contribution in [3.63, 3.8) is 0 Å². The van der Waals surface area contributed by atoms with Gasteiger partial charge < -0.3 is 5.11 Å². The van der Waals surface area contributed by atoms with Crippen LogP contribution >= 0.6 is 0 Å². The van der Waals surface area contributed by atoms with Crippen molar-refractivity contribution >= 4 is 11.7 Å². The third-order valence-electron chi connectivity index (χ3n) is 7.71. The Labute approximate surface area is 138 Å². The van der Waals surface area contributed by atoms with Gasteiger partial charge in [-0.1, -0.05) is 26.2 Å². The summed E-state index contributed by atoms with van der Waals surface area (Å²) >= 11 is 0. The van der Waals surface area contributed by atoms with Crippen molar-refractivity contribution in [1.29, 1.82) is 0 Å². The van der Waals surface area contributed by atoms with Crippen molar-refractivity contribution in [3.05, 3.63) is 0 Å². The summed E-state index contributed by atoms with van der Waals surface area (Å²) in [4.78, 5) is 20.5. The molecule has 0 bridgehead atoms. The Morgan fingerprint density at radius 1 is 1.09 bits per heavy atom. The zero-order chi connectivity index (χ0) is 15.7. The number of rotatable bonds is 0. The van der Waals surface area contributed by atoms with Gasteiger partial charge in [0.2, 0.25) is 5.91 Å². The zero-order valence-electron chi connectivity index (χ0n) is 14.0. The van der Waals surface area contributed by atoms with Gasteiger partial charge in [0.15, 0.2) is 0 Å². The number of amides is 1. The maximum atomic E-state index is 13.3. The lowest BCUT2D eigenvalue weighted by atomic mass is 9.55. The minimum absolute atomic E-state index is 0.202. The molecule has 0 aromatic rings. The molecular weight excluding hydrogens is 288 g/mol. The molecular formula is C19H28N2O2. The van der Waals surface area contributed by atoms with E-state index in [-0.39, 0.29) is 12.0 Å². The van der Waals surface area contributed by atoms with Gasteiger partial charge in [0.1, 0.15) is 5.84 Å². The van der Waals surface area contributed by atoms with Gasteiger partial charge in [0.25, 0.3) is 0 Å². The van der Waals surface area contributed by atoms with E-state index in [0.717, 1.165) is 37.9 Å². The first-order chi connectivity index (χ1) is 11.2. The number of aliphatic imine (C=N–C) groups is 1. The lowest BCUT2D eigenvalue weighted by Gasteiger charge is -2.55. The maximum absolute atomic E-state index is 13.3. The minimum Gasteiger partial charge on any atom is -0.393 e. The van der Waals surface area contributed by atoms with Gasteiger partial charge in [-0.3, -0.25) is 14.7 Å². The second kappa shape index (κ2) is 5.05. The molecule has 0 aromatic carbocycles. The van der Waals surface area contributed by atoms with Crippen molar-refractivity contribution < 1.29 is 9.90 Å². The zero-order valence-corrected chi connectivity index (χ0v) is 14.0. The molecule has 4 heteroatoms.